The van der Waals surface area contributed by atoms with Gasteiger partial charge in [0.05, 0.1) is 6.10 Å². The zero-order valence-electron chi connectivity index (χ0n) is 22.3. The van der Waals surface area contributed by atoms with Crippen LogP contribution in [0.3, 0.4) is 0 Å². The summed E-state index contributed by atoms with van der Waals surface area (Å²) in [6.45, 7) is 13.5. The lowest BCUT2D eigenvalue weighted by Gasteiger charge is -2.62. The minimum Gasteiger partial charge on any atom is -0.393 e. The number of aliphatic hydroxyl groups excluding tert-OH is 1. The van der Waals surface area contributed by atoms with Crippen LogP contribution in [0.25, 0.3) is 0 Å². The molecule has 0 aromatic carbocycles. The summed E-state index contributed by atoms with van der Waals surface area (Å²) in [5, 5.41) is 21.0. The van der Waals surface area contributed by atoms with Gasteiger partial charge in [-0.15, -0.1) is 0 Å². The van der Waals surface area contributed by atoms with Crippen LogP contribution in [0.4, 0.5) is 13.2 Å². The molecule has 0 heterocycles. The van der Waals surface area contributed by atoms with E-state index in [0.29, 0.717) is 41.4 Å². The van der Waals surface area contributed by atoms with E-state index < -0.39 is 11.8 Å². The van der Waals surface area contributed by atoms with E-state index >= 15 is 0 Å². The molecule has 10 atom stereocenters. The van der Waals surface area contributed by atoms with Crippen LogP contribution in [0.1, 0.15) is 112 Å². The Kier molecular flexibility index (Phi) is 6.80. The number of halogens is 3. The van der Waals surface area contributed by atoms with Crippen molar-refractivity contribution in [2.75, 3.05) is 0 Å². The smallest absolute Gasteiger partial charge is 0.393 e. The Bertz CT molecular complexity index is 745. The predicted molar refractivity (Wildman–Crippen MR) is 130 cm³/mol. The second-order valence-electron chi connectivity index (χ2n) is 14.6. The summed E-state index contributed by atoms with van der Waals surface area (Å²) in [5.41, 5.74) is -2.31. The molecule has 0 aromatic heterocycles. The fourth-order valence-corrected chi connectivity index (χ4v) is 9.53. The predicted octanol–water partition coefficient (Wildman–Crippen LogP) is 7.76. The van der Waals surface area contributed by atoms with Gasteiger partial charge in [0.2, 0.25) is 0 Å². The quantitative estimate of drug-likeness (QED) is 0.426. The molecule has 0 aliphatic heterocycles. The molecule has 4 saturated carbocycles. The number of aliphatic hydroxyl groups is 2. The first-order valence-corrected chi connectivity index (χ1v) is 14.0. The van der Waals surface area contributed by atoms with Crippen molar-refractivity contribution in [3.05, 3.63) is 0 Å². The van der Waals surface area contributed by atoms with Crippen molar-refractivity contribution in [3.63, 3.8) is 0 Å². The fraction of sp³-hybridized carbons (Fsp3) is 1.00. The van der Waals surface area contributed by atoms with Gasteiger partial charge in [-0.2, -0.15) is 13.2 Å². The third kappa shape index (κ3) is 4.27. The van der Waals surface area contributed by atoms with Crippen molar-refractivity contribution in [1.82, 2.24) is 0 Å². The Balaban J connectivity index is 1.46. The summed E-state index contributed by atoms with van der Waals surface area (Å²) in [4.78, 5) is 0. The average Bonchev–Trinajstić information content (AvgIpc) is 3.08. The Morgan fingerprint density at radius 3 is 2.12 bits per heavy atom. The van der Waals surface area contributed by atoms with Crippen molar-refractivity contribution in [3.8, 4) is 0 Å². The Morgan fingerprint density at radius 2 is 1.50 bits per heavy atom. The van der Waals surface area contributed by atoms with E-state index in [1.807, 2.05) is 0 Å². The largest absolute Gasteiger partial charge is 0.417 e. The topological polar surface area (TPSA) is 40.5 Å². The lowest BCUT2D eigenvalue weighted by molar-refractivity contribution is -0.290. The molecule has 4 aliphatic carbocycles. The maximum atomic E-state index is 13.6. The maximum absolute atomic E-state index is 13.6. The van der Waals surface area contributed by atoms with Gasteiger partial charge in [-0.3, -0.25) is 0 Å². The zero-order chi connectivity index (χ0) is 25.3. The summed E-state index contributed by atoms with van der Waals surface area (Å²) in [7, 11) is 0. The molecule has 0 spiro atoms. The zero-order valence-corrected chi connectivity index (χ0v) is 22.3. The first kappa shape index (κ1) is 26.8. The molecule has 0 saturated heterocycles. The molecular weight excluding hydrogens is 437 g/mol. The second kappa shape index (κ2) is 8.64. The molecule has 4 aliphatic rings. The highest BCUT2D eigenvalue weighted by atomic mass is 19.4. The average molecular weight is 487 g/mol. The summed E-state index contributed by atoms with van der Waals surface area (Å²) in [6, 6.07) is 0. The summed E-state index contributed by atoms with van der Waals surface area (Å²) in [5.74, 6) is 3.04. The molecular formula is C29H49F3O2. The highest BCUT2D eigenvalue weighted by Crippen LogP contribution is 2.69. The van der Waals surface area contributed by atoms with Gasteiger partial charge in [-0.05, 0) is 122 Å². The number of hydrogen-bond acceptors (Lipinski definition) is 2. The van der Waals surface area contributed by atoms with Gasteiger partial charge in [-0.1, -0.05) is 41.5 Å². The lowest BCUT2D eigenvalue weighted by Crippen LogP contribution is -2.59. The fourth-order valence-electron chi connectivity index (χ4n) is 9.53. The second-order valence-corrected chi connectivity index (χ2v) is 14.6. The van der Waals surface area contributed by atoms with Gasteiger partial charge in [-0.25, -0.2) is 0 Å². The van der Waals surface area contributed by atoms with Crippen LogP contribution < -0.4 is 0 Å². The third-order valence-corrected chi connectivity index (χ3v) is 11.9. The van der Waals surface area contributed by atoms with Crippen LogP contribution in [-0.4, -0.2) is 28.1 Å². The Hall–Kier alpha value is -0.290. The summed E-state index contributed by atoms with van der Waals surface area (Å²) < 4.78 is 40.8. The Labute approximate surface area is 205 Å². The highest BCUT2D eigenvalue weighted by Gasteiger charge is 2.65. The number of fused-ring (bicyclic) bond motifs is 5. The van der Waals surface area contributed by atoms with Gasteiger partial charge in [0.1, 0.15) is 0 Å². The van der Waals surface area contributed by atoms with Crippen molar-refractivity contribution in [1.29, 1.82) is 0 Å². The van der Waals surface area contributed by atoms with Crippen LogP contribution in [0, 0.1) is 51.8 Å². The Morgan fingerprint density at radius 1 is 0.853 bits per heavy atom. The van der Waals surface area contributed by atoms with Crippen LogP contribution in [0.2, 0.25) is 0 Å². The number of alkyl halides is 3. The van der Waals surface area contributed by atoms with Gasteiger partial charge in [0, 0.05) is 0 Å². The SMILES string of the molecule is C[C@H](CC[C@H](O)C(C)(C)C)[C@H]1CC[C@H]2[C@@H]3CCC4C[C@](O)(C(F)(F)F)CC[C@]4(C)[C@H]3CC[C@]12C. The summed E-state index contributed by atoms with van der Waals surface area (Å²) >= 11 is 0. The normalized spacial score (nSPS) is 46.9. The minimum absolute atomic E-state index is 0.0199. The summed E-state index contributed by atoms with van der Waals surface area (Å²) in [6.07, 6.45) is 4.08. The standard InChI is InChI=1S/C29H49F3O2/c1-18(7-12-24(33)25(2,3)4)21-10-11-22-20-9-8-19-17-28(34,29(30,31)32)16-15-26(19,5)23(20)13-14-27(21,22)6/h18-24,33-34H,7-17H2,1-6H3/t18-,19?,20+,21-,22+,23+,24+,26+,27-,28+/m1/s1. The van der Waals surface area contributed by atoms with Gasteiger partial charge in [0.15, 0.2) is 5.60 Å². The van der Waals surface area contributed by atoms with E-state index in [1.54, 1.807) is 0 Å². The monoisotopic (exact) mass is 486 g/mol. The lowest BCUT2D eigenvalue weighted by atomic mass is 9.43. The van der Waals surface area contributed by atoms with E-state index in [1.165, 1.54) is 19.3 Å². The molecule has 5 heteroatoms. The van der Waals surface area contributed by atoms with Crippen molar-refractivity contribution in [2.24, 2.45) is 51.8 Å². The maximum Gasteiger partial charge on any atom is 0.417 e. The third-order valence-electron chi connectivity index (χ3n) is 11.9. The van der Waals surface area contributed by atoms with Crippen LogP contribution >= 0.6 is 0 Å². The molecule has 2 nitrogen and oxygen atoms in total. The molecule has 1 unspecified atom stereocenters. The van der Waals surface area contributed by atoms with E-state index in [0.717, 1.165) is 32.1 Å². The van der Waals surface area contributed by atoms with Crippen LogP contribution in [0.15, 0.2) is 0 Å². The van der Waals surface area contributed by atoms with E-state index in [2.05, 4.69) is 41.5 Å². The molecule has 0 radical (unpaired) electrons. The van der Waals surface area contributed by atoms with Gasteiger partial charge < -0.3 is 10.2 Å². The van der Waals surface area contributed by atoms with Crippen molar-refractivity contribution >= 4 is 0 Å². The molecule has 198 valence electrons. The highest BCUT2D eigenvalue weighted by molar-refractivity contribution is 5.11. The molecule has 4 fully saturated rings. The first-order chi connectivity index (χ1) is 15.5. The molecule has 0 amide bonds. The van der Waals surface area contributed by atoms with Crippen LogP contribution in [0.5, 0.6) is 0 Å². The van der Waals surface area contributed by atoms with Crippen molar-refractivity contribution < 1.29 is 23.4 Å². The number of rotatable bonds is 4. The van der Waals surface area contributed by atoms with E-state index in [-0.39, 0.29) is 35.7 Å². The molecule has 0 bridgehead atoms. The van der Waals surface area contributed by atoms with Gasteiger partial charge in [0.25, 0.3) is 0 Å². The molecule has 0 aromatic rings. The van der Waals surface area contributed by atoms with E-state index in [9.17, 15) is 23.4 Å². The minimum atomic E-state index is -4.52. The van der Waals surface area contributed by atoms with Crippen molar-refractivity contribution in [2.45, 2.75) is 130 Å². The first-order valence-electron chi connectivity index (χ1n) is 14.0. The number of hydrogen-bond donors (Lipinski definition) is 2. The molecule has 4 rings (SSSR count). The molecule has 2 N–H and O–H groups in total. The van der Waals surface area contributed by atoms with Gasteiger partial charge >= 0.3 is 6.18 Å². The van der Waals surface area contributed by atoms with Crippen LogP contribution in [-0.2, 0) is 0 Å². The van der Waals surface area contributed by atoms with E-state index in [4.69, 9.17) is 0 Å². The molecule has 34 heavy (non-hydrogen) atoms.